The molecule has 1 saturated heterocycles. The Labute approximate surface area is 65.4 Å². The third-order valence-electron chi connectivity index (χ3n) is 1.45. The molecule has 1 aliphatic rings. The number of nitrogens with one attached hydrogen (secondary N) is 1. The van der Waals surface area contributed by atoms with E-state index in [0.717, 1.165) is 10.6 Å². The van der Waals surface area contributed by atoms with Gasteiger partial charge < -0.3 is 5.32 Å². The highest BCUT2D eigenvalue weighted by Crippen LogP contribution is 2.00. The Morgan fingerprint density at radius 3 is 2.55 bits per heavy atom. The van der Waals surface area contributed by atoms with Gasteiger partial charge in [-0.25, -0.2) is 12.7 Å². The van der Waals surface area contributed by atoms with Crippen LogP contribution < -0.4 is 5.32 Å². The molecule has 11 heavy (non-hydrogen) atoms. The Hall–Kier alpha value is -0.620. The Morgan fingerprint density at radius 2 is 2.18 bits per heavy atom. The summed E-state index contributed by atoms with van der Waals surface area (Å²) in [6.07, 6.45) is 1.04. The molecule has 1 heterocycles. The molecular weight excluding hydrogens is 168 g/mol. The second-order valence-corrected chi connectivity index (χ2v) is 4.31. The molecule has 0 unspecified atom stereocenters. The molecule has 1 N–H and O–H groups in total. The minimum absolute atomic E-state index is 0.118. The number of hydrogen-bond donors (Lipinski definition) is 1. The third kappa shape index (κ3) is 1.90. The quantitative estimate of drug-likeness (QED) is 0.524. The lowest BCUT2D eigenvalue weighted by atomic mass is 10.4. The van der Waals surface area contributed by atoms with Gasteiger partial charge in [-0.05, 0) is 0 Å². The van der Waals surface area contributed by atoms with Crippen molar-refractivity contribution in [3.8, 4) is 0 Å². The van der Waals surface area contributed by atoms with Crippen LogP contribution in [0.1, 0.15) is 0 Å². The van der Waals surface area contributed by atoms with Gasteiger partial charge in [-0.3, -0.25) is 4.79 Å². The van der Waals surface area contributed by atoms with Gasteiger partial charge in [0.2, 0.25) is 15.9 Å². The zero-order valence-corrected chi connectivity index (χ0v) is 7.02. The molecule has 1 aliphatic heterocycles. The average Bonchev–Trinajstić information content (AvgIpc) is 1.86. The van der Waals surface area contributed by atoms with Crippen LogP contribution in [0.4, 0.5) is 0 Å². The minimum atomic E-state index is -3.33. The lowest BCUT2D eigenvalue weighted by Gasteiger charge is -2.24. The van der Waals surface area contributed by atoms with Gasteiger partial charge in [0.25, 0.3) is 0 Å². The van der Waals surface area contributed by atoms with Crippen molar-refractivity contribution in [1.82, 2.24) is 9.62 Å². The van der Waals surface area contributed by atoms with Crippen LogP contribution in [0.2, 0.25) is 0 Å². The molecule has 0 radical (unpaired) electrons. The summed E-state index contributed by atoms with van der Waals surface area (Å²) >= 11 is 0. The zero-order valence-electron chi connectivity index (χ0n) is 6.20. The van der Waals surface area contributed by atoms with E-state index in [1.54, 1.807) is 0 Å². The van der Waals surface area contributed by atoms with Gasteiger partial charge in [-0.1, -0.05) is 0 Å². The summed E-state index contributed by atoms with van der Waals surface area (Å²) in [6, 6.07) is 0. The number of hydrogen-bond acceptors (Lipinski definition) is 4. The molecule has 1 fully saturated rings. The molecule has 0 spiro atoms. The first-order chi connectivity index (χ1) is 5.02. The van der Waals surface area contributed by atoms with Crippen LogP contribution >= 0.6 is 0 Å². The van der Waals surface area contributed by atoms with Crippen molar-refractivity contribution in [2.24, 2.45) is 0 Å². The van der Waals surface area contributed by atoms with Gasteiger partial charge in [0.05, 0.1) is 12.8 Å². The molecule has 0 aromatic heterocycles. The summed E-state index contributed by atoms with van der Waals surface area (Å²) in [7, 11) is -3.33. The molecular formula is C5H10N2O3S. The lowest BCUT2D eigenvalue weighted by molar-refractivity contribution is -0.126. The predicted molar refractivity (Wildman–Crippen MR) is 39.4 cm³/mol. The van der Waals surface area contributed by atoms with Gasteiger partial charge >= 0.3 is 0 Å². The van der Waals surface area contributed by atoms with Crippen LogP contribution in [0, 0.1) is 0 Å². The van der Waals surface area contributed by atoms with Crippen molar-refractivity contribution >= 4 is 15.9 Å². The number of piperazine rings is 1. The van der Waals surface area contributed by atoms with E-state index in [1.165, 1.54) is 0 Å². The Bertz CT molecular complexity index is 259. The van der Waals surface area contributed by atoms with Crippen molar-refractivity contribution in [1.29, 1.82) is 0 Å². The van der Waals surface area contributed by atoms with E-state index in [4.69, 9.17) is 0 Å². The monoisotopic (exact) mass is 178 g/mol. The molecule has 5 nitrogen and oxygen atoms in total. The topological polar surface area (TPSA) is 66.5 Å². The number of carbonyl (C=O) groups is 1. The van der Waals surface area contributed by atoms with E-state index in [2.05, 4.69) is 5.32 Å². The summed E-state index contributed by atoms with van der Waals surface area (Å²) < 4.78 is 22.6. The highest BCUT2D eigenvalue weighted by molar-refractivity contribution is 7.88. The van der Waals surface area contributed by atoms with E-state index < -0.39 is 10.0 Å². The van der Waals surface area contributed by atoms with Gasteiger partial charge in [-0.15, -0.1) is 0 Å². The van der Waals surface area contributed by atoms with E-state index in [0.29, 0.717) is 6.54 Å². The minimum Gasteiger partial charge on any atom is -0.307 e. The van der Waals surface area contributed by atoms with E-state index in [1.807, 2.05) is 0 Å². The largest absolute Gasteiger partial charge is 0.307 e. The Balaban J connectivity index is 2.78. The normalized spacial score (nSPS) is 20.5. The van der Waals surface area contributed by atoms with Gasteiger partial charge in [0, 0.05) is 13.1 Å². The van der Waals surface area contributed by atoms with Crippen LogP contribution in [0.15, 0.2) is 0 Å². The average molecular weight is 178 g/mol. The standard InChI is InChI=1S/C5H10N2O3S/c1-11(9,10)7-3-2-6-4-5(7)8/h6H,2-4H2,1H3. The van der Waals surface area contributed by atoms with E-state index >= 15 is 0 Å². The second-order valence-electron chi connectivity index (χ2n) is 2.41. The fourth-order valence-electron chi connectivity index (χ4n) is 0.940. The predicted octanol–water partition coefficient (Wildman–Crippen LogP) is -1.62. The number of rotatable bonds is 1. The summed E-state index contributed by atoms with van der Waals surface area (Å²) in [4.78, 5) is 10.9. The maximum atomic E-state index is 10.9. The van der Waals surface area contributed by atoms with Crippen LogP contribution in [-0.2, 0) is 14.8 Å². The number of amides is 1. The molecule has 0 bridgehead atoms. The SMILES string of the molecule is CS(=O)(=O)N1CCNCC1=O. The molecule has 0 aromatic rings. The first-order valence-electron chi connectivity index (χ1n) is 3.23. The maximum absolute atomic E-state index is 10.9. The molecule has 0 aromatic carbocycles. The third-order valence-corrected chi connectivity index (χ3v) is 2.63. The van der Waals surface area contributed by atoms with Crippen molar-refractivity contribution in [3.63, 3.8) is 0 Å². The van der Waals surface area contributed by atoms with Crippen molar-refractivity contribution < 1.29 is 13.2 Å². The Morgan fingerprint density at radius 1 is 1.55 bits per heavy atom. The van der Waals surface area contributed by atoms with E-state index in [-0.39, 0.29) is 19.0 Å². The maximum Gasteiger partial charge on any atom is 0.250 e. The number of carbonyl (C=O) groups excluding carboxylic acids is 1. The van der Waals surface area contributed by atoms with Crippen LogP contribution in [-0.4, -0.2) is 44.5 Å². The summed E-state index contributed by atoms with van der Waals surface area (Å²) in [5.74, 6) is -0.376. The first-order valence-corrected chi connectivity index (χ1v) is 5.08. The van der Waals surface area contributed by atoms with Gasteiger partial charge in [0.15, 0.2) is 0 Å². The van der Waals surface area contributed by atoms with Crippen LogP contribution in [0.5, 0.6) is 0 Å². The lowest BCUT2D eigenvalue weighted by Crippen LogP contribution is -2.50. The molecule has 0 saturated carbocycles. The zero-order chi connectivity index (χ0) is 8.48. The van der Waals surface area contributed by atoms with Crippen LogP contribution in [0.25, 0.3) is 0 Å². The van der Waals surface area contributed by atoms with Gasteiger partial charge in [0.1, 0.15) is 0 Å². The van der Waals surface area contributed by atoms with Crippen molar-refractivity contribution in [2.75, 3.05) is 25.9 Å². The molecule has 0 atom stereocenters. The fraction of sp³-hybridized carbons (Fsp3) is 0.800. The molecule has 1 amide bonds. The fourth-order valence-corrected chi connectivity index (χ4v) is 1.80. The summed E-state index contributed by atoms with van der Waals surface area (Å²) in [5, 5.41) is 2.78. The molecule has 0 aliphatic carbocycles. The highest BCUT2D eigenvalue weighted by atomic mass is 32.2. The second kappa shape index (κ2) is 2.78. The first kappa shape index (κ1) is 8.48. The number of nitrogens with zero attached hydrogens (tertiary/aromatic N) is 1. The molecule has 64 valence electrons. The van der Waals surface area contributed by atoms with Crippen LogP contribution in [0.3, 0.4) is 0 Å². The molecule has 1 rings (SSSR count). The summed E-state index contributed by atoms with van der Waals surface area (Å²) in [5.41, 5.74) is 0. The number of sulfonamides is 1. The highest BCUT2D eigenvalue weighted by Gasteiger charge is 2.25. The molecule has 6 heteroatoms. The van der Waals surface area contributed by atoms with Crippen molar-refractivity contribution in [2.45, 2.75) is 0 Å². The smallest absolute Gasteiger partial charge is 0.250 e. The van der Waals surface area contributed by atoms with Crippen molar-refractivity contribution in [3.05, 3.63) is 0 Å². The Kier molecular flexibility index (Phi) is 2.15. The van der Waals surface area contributed by atoms with E-state index in [9.17, 15) is 13.2 Å². The summed E-state index contributed by atoms with van der Waals surface area (Å²) in [6.45, 7) is 0.906. The van der Waals surface area contributed by atoms with Gasteiger partial charge in [-0.2, -0.15) is 0 Å².